The molecule has 0 saturated heterocycles. The van der Waals surface area contributed by atoms with Crippen LogP contribution in [-0.2, 0) is 30.7 Å². The predicted octanol–water partition coefficient (Wildman–Crippen LogP) is 3.26. The van der Waals surface area contributed by atoms with Crippen molar-refractivity contribution in [3.8, 4) is 0 Å². The minimum absolute atomic E-state index is 0.0383. The number of hydrogen-bond acceptors (Lipinski definition) is 5. The summed E-state index contributed by atoms with van der Waals surface area (Å²) in [5.74, 6) is 0.237. The van der Waals surface area contributed by atoms with E-state index in [4.69, 9.17) is 0 Å². The molecule has 0 saturated carbocycles. The molecule has 0 radical (unpaired) electrons. The highest BCUT2D eigenvalue weighted by atomic mass is 32.2. The molecule has 7 heteroatoms. The largest absolute Gasteiger partial charge is 0.351 e. The lowest BCUT2D eigenvalue weighted by Crippen LogP contribution is -2.32. The van der Waals surface area contributed by atoms with Crippen LogP contribution in [-0.4, -0.2) is 45.7 Å². The van der Waals surface area contributed by atoms with Crippen molar-refractivity contribution in [1.82, 2.24) is 19.8 Å². The van der Waals surface area contributed by atoms with Crippen LogP contribution in [0.25, 0.3) is 0 Å². The van der Waals surface area contributed by atoms with E-state index in [1.165, 1.54) is 17.3 Å². The van der Waals surface area contributed by atoms with Crippen molar-refractivity contribution in [1.29, 1.82) is 0 Å². The van der Waals surface area contributed by atoms with Gasteiger partial charge in [0.05, 0.1) is 5.75 Å². The van der Waals surface area contributed by atoms with Gasteiger partial charge in [-0.1, -0.05) is 55.9 Å². The van der Waals surface area contributed by atoms with Crippen LogP contribution in [0.15, 0.2) is 40.2 Å². The molecular weight excluding hydrogens is 408 g/mol. The zero-order valence-electron chi connectivity index (χ0n) is 18.7. The van der Waals surface area contributed by atoms with Crippen LogP contribution in [0.4, 0.5) is 0 Å². The Morgan fingerprint density at radius 1 is 1.16 bits per heavy atom. The fourth-order valence-corrected chi connectivity index (χ4v) is 4.98. The molecule has 1 aliphatic carbocycles. The Bertz CT molecular complexity index is 910. The molecule has 1 aromatic carbocycles. The molecule has 31 heavy (non-hydrogen) atoms. The number of hydrogen-bond donors (Lipinski definition) is 1. The second kappa shape index (κ2) is 12.1. The molecule has 2 aromatic rings. The standard InChI is InChI=1S/C24H34N4O2S/c1-3-27(4-2)15-10-16-28-21-14-9-8-13-20(21)23(26-24(28)30)31-18-22(29)25-17-19-11-6-5-7-12-19/h5-7,11-12H,3-4,8-10,13-18H2,1-2H3,(H,25,29). The van der Waals surface area contributed by atoms with Crippen LogP contribution < -0.4 is 11.0 Å². The number of fused-ring (bicyclic) bond motifs is 1. The summed E-state index contributed by atoms with van der Waals surface area (Å²) in [5.41, 5.74) is 3.21. The molecular formula is C24H34N4O2S. The Balaban J connectivity index is 1.63. The van der Waals surface area contributed by atoms with Crippen molar-refractivity contribution < 1.29 is 4.79 Å². The molecule has 6 nitrogen and oxygen atoms in total. The Hall–Kier alpha value is -2.12. The van der Waals surface area contributed by atoms with Crippen LogP contribution in [0.1, 0.15) is 49.9 Å². The summed E-state index contributed by atoms with van der Waals surface area (Å²) in [4.78, 5) is 31.9. The van der Waals surface area contributed by atoms with Crippen molar-refractivity contribution in [2.24, 2.45) is 0 Å². The first-order valence-electron chi connectivity index (χ1n) is 11.4. The fraction of sp³-hybridized carbons (Fsp3) is 0.542. The second-order valence-electron chi connectivity index (χ2n) is 7.91. The molecule has 0 unspecified atom stereocenters. The highest BCUT2D eigenvalue weighted by Crippen LogP contribution is 2.28. The monoisotopic (exact) mass is 442 g/mol. The maximum absolute atomic E-state index is 12.8. The van der Waals surface area contributed by atoms with E-state index in [0.717, 1.165) is 68.0 Å². The first-order chi connectivity index (χ1) is 15.1. The molecule has 0 fully saturated rings. The van der Waals surface area contributed by atoms with Gasteiger partial charge in [0, 0.05) is 24.3 Å². The molecule has 3 rings (SSSR count). The predicted molar refractivity (Wildman–Crippen MR) is 127 cm³/mol. The Morgan fingerprint density at radius 2 is 1.90 bits per heavy atom. The van der Waals surface area contributed by atoms with Crippen molar-refractivity contribution >= 4 is 17.7 Å². The first-order valence-corrected chi connectivity index (χ1v) is 12.4. The minimum atomic E-state index is -0.174. The summed E-state index contributed by atoms with van der Waals surface area (Å²) < 4.78 is 1.89. The van der Waals surface area contributed by atoms with Crippen molar-refractivity contribution in [2.75, 3.05) is 25.4 Å². The van der Waals surface area contributed by atoms with Gasteiger partial charge in [0.1, 0.15) is 5.03 Å². The molecule has 1 aromatic heterocycles. The zero-order valence-corrected chi connectivity index (χ0v) is 19.5. The molecule has 168 valence electrons. The molecule has 0 atom stereocenters. The first kappa shape index (κ1) is 23.5. The number of carbonyl (C=O) groups is 1. The Kier molecular flexibility index (Phi) is 9.15. The number of nitrogens with zero attached hydrogens (tertiary/aromatic N) is 3. The van der Waals surface area contributed by atoms with Gasteiger partial charge in [-0.15, -0.1) is 0 Å². The van der Waals surface area contributed by atoms with Crippen LogP contribution >= 0.6 is 11.8 Å². The summed E-state index contributed by atoms with van der Waals surface area (Å²) in [7, 11) is 0. The molecule has 1 amide bonds. The molecule has 0 aliphatic heterocycles. The van der Waals surface area contributed by atoms with Crippen molar-refractivity contribution in [3.05, 3.63) is 57.6 Å². The SMILES string of the molecule is CCN(CC)CCCn1c2c(c(SCC(=O)NCc3ccccc3)nc1=O)CCCC2. The van der Waals surface area contributed by atoms with E-state index in [1.807, 2.05) is 34.9 Å². The van der Waals surface area contributed by atoms with E-state index in [-0.39, 0.29) is 17.3 Å². The number of benzene rings is 1. The number of nitrogens with one attached hydrogen (secondary N) is 1. The van der Waals surface area contributed by atoms with Crippen molar-refractivity contribution in [3.63, 3.8) is 0 Å². The quantitative estimate of drug-likeness (QED) is 0.427. The smallest absolute Gasteiger partial charge is 0.348 e. The number of aromatic nitrogens is 2. The van der Waals surface area contributed by atoms with Gasteiger partial charge >= 0.3 is 5.69 Å². The van der Waals surface area contributed by atoms with Gasteiger partial charge in [0.25, 0.3) is 0 Å². The van der Waals surface area contributed by atoms with Crippen LogP contribution in [0.3, 0.4) is 0 Å². The summed E-state index contributed by atoms with van der Waals surface area (Å²) in [6.45, 7) is 8.62. The Labute approximate surface area is 189 Å². The maximum Gasteiger partial charge on any atom is 0.348 e. The lowest BCUT2D eigenvalue weighted by atomic mass is 9.97. The third-order valence-corrected chi connectivity index (χ3v) is 6.89. The molecule has 1 aliphatic rings. The van der Waals surface area contributed by atoms with E-state index < -0.39 is 0 Å². The van der Waals surface area contributed by atoms with E-state index >= 15 is 0 Å². The number of rotatable bonds is 11. The average molecular weight is 443 g/mol. The summed E-state index contributed by atoms with van der Waals surface area (Å²) >= 11 is 1.39. The number of amides is 1. The van der Waals surface area contributed by atoms with Gasteiger partial charge in [-0.05, 0) is 57.3 Å². The maximum atomic E-state index is 12.8. The summed E-state index contributed by atoms with van der Waals surface area (Å²) in [6, 6.07) is 9.87. The number of thioether (sulfide) groups is 1. The third kappa shape index (κ3) is 6.68. The fourth-order valence-electron chi connectivity index (χ4n) is 4.07. The summed E-state index contributed by atoms with van der Waals surface area (Å²) in [6.07, 6.45) is 5.02. The van der Waals surface area contributed by atoms with Crippen LogP contribution in [0.2, 0.25) is 0 Å². The highest BCUT2D eigenvalue weighted by Gasteiger charge is 2.21. The van der Waals surface area contributed by atoms with Gasteiger partial charge in [-0.3, -0.25) is 9.36 Å². The molecule has 0 bridgehead atoms. The normalized spacial score (nSPS) is 13.3. The van der Waals surface area contributed by atoms with Crippen molar-refractivity contribution in [2.45, 2.75) is 64.1 Å². The Morgan fingerprint density at radius 3 is 2.65 bits per heavy atom. The molecule has 0 spiro atoms. The summed E-state index contributed by atoms with van der Waals surface area (Å²) in [5, 5.41) is 3.69. The van der Waals surface area contributed by atoms with Gasteiger partial charge in [0.2, 0.25) is 5.91 Å². The van der Waals surface area contributed by atoms with Gasteiger partial charge < -0.3 is 10.2 Å². The van der Waals surface area contributed by atoms with Crippen LogP contribution in [0, 0.1) is 0 Å². The molecule has 1 heterocycles. The third-order valence-electron chi connectivity index (χ3n) is 5.87. The van der Waals surface area contributed by atoms with E-state index in [9.17, 15) is 9.59 Å². The lowest BCUT2D eigenvalue weighted by Gasteiger charge is -2.23. The topological polar surface area (TPSA) is 67.2 Å². The van der Waals surface area contributed by atoms with Gasteiger partial charge in [0.15, 0.2) is 0 Å². The highest BCUT2D eigenvalue weighted by molar-refractivity contribution is 7.99. The molecule has 1 N–H and O–H groups in total. The zero-order chi connectivity index (χ0) is 22.1. The minimum Gasteiger partial charge on any atom is -0.351 e. The lowest BCUT2D eigenvalue weighted by molar-refractivity contribution is -0.118. The van der Waals surface area contributed by atoms with E-state index in [2.05, 4.69) is 29.0 Å². The van der Waals surface area contributed by atoms with Crippen LogP contribution in [0.5, 0.6) is 0 Å². The number of carbonyl (C=O) groups excluding carboxylic acids is 1. The van der Waals surface area contributed by atoms with Gasteiger partial charge in [-0.2, -0.15) is 4.98 Å². The average Bonchev–Trinajstić information content (AvgIpc) is 2.81. The second-order valence-corrected chi connectivity index (χ2v) is 8.88. The van der Waals surface area contributed by atoms with Gasteiger partial charge in [-0.25, -0.2) is 4.79 Å². The van der Waals surface area contributed by atoms with E-state index in [1.54, 1.807) is 0 Å². The van der Waals surface area contributed by atoms with E-state index in [0.29, 0.717) is 13.1 Å².